The number of benzene rings is 1. The number of rotatable bonds is 3. The molecule has 0 radical (unpaired) electrons. The minimum atomic E-state index is 0.984. The fourth-order valence-corrected chi connectivity index (χ4v) is 2.02. The molecular weight excluding hydrogens is 190 g/mol. The molecule has 0 N–H and O–H groups in total. The minimum absolute atomic E-state index is 0.984. The number of pyridine rings is 1. The fourth-order valence-electron chi connectivity index (χ4n) is 1.17. The molecule has 14 heavy (non-hydrogen) atoms. The molecule has 0 aliphatic carbocycles. The van der Waals surface area contributed by atoms with Gasteiger partial charge in [-0.05, 0) is 23.8 Å². The van der Waals surface area contributed by atoms with Crippen LogP contribution in [0.2, 0.25) is 0 Å². The van der Waals surface area contributed by atoms with Gasteiger partial charge in [-0.15, -0.1) is 11.8 Å². The molecule has 2 heteroatoms. The second-order valence-electron chi connectivity index (χ2n) is 2.96. The quantitative estimate of drug-likeness (QED) is 0.706. The molecule has 0 aliphatic heterocycles. The van der Waals surface area contributed by atoms with Crippen LogP contribution in [0.25, 0.3) is 0 Å². The summed E-state index contributed by atoms with van der Waals surface area (Å²) in [5.74, 6) is 0.984. The Labute approximate surface area is 88.2 Å². The van der Waals surface area contributed by atoms with Crippen LogP contribution in [0.15, 0.2) is 59.8 Å². The molecule has 0 bridgehead atoms. The van der Waals surface area contributed by atoms with Crippen LogP contribution in [-0.2, 0) is 5.75 Å². The summed E-state index contributed by atoms with van der Waals surface area (Å²) in [5, 5.41) is 0. The van der Waals surface area contributed by atoms with E-state index in [0.29, 0.717) is 0 Å². The van der Waals surface area contributed by atoms with Crippen molar-refractivity contribution in [3.8, 4) is 0 Å². The zero-order valence-corrected chi connectivity index (χ0v) is 8.58. The minimum Gasteiger partial charge on any atom is -0.264 e. The molecule has 0 unspecified atom stereocenters. The van der Waals surface area contributed by atoms with Gasteiger partial charge in [-0.25, -0.2) is 0 Å². The Balaban J connectivity index is 1.96. The maximum Gasteiger partial charge on any atom is 0.0308 e. The molecule has 2 rings (SSSR count). The molecule has 0 aliphatic rings. The highest BCUT2D eigenvalue weighted by Gasteiger charge is 1.94. The first-order valence-corrected chi connectivity index (χ1v) is 5.50. The van der Waals surface area contributed by atoms with Gasteiger partial charge >= 0.3 is 0 Å². The lowest BCUT2D eigenvalue weighted by Gasteiger charge is -2.00. The third-order valence-corrected chi connectivity index (χ3v) is 2.95. The van der Waals surface area contributed by atoms with E-state index >= 15 is 0 Å². The first kappa shape index (κ1) is 9.28. The molecule has 0 atom stereocenters. The Morgan fingerprint density at radius 3 is 2.57 bits per heavy atom. The van der Waals surface area contributed by atoms with Gasteiger partial charge in [0.1, 0.15) is 0 Å². The molecule has 1 nitrogen and oxygen atoms in total. The summed E-state index contributed by atoms with van der Waals surface area (Å²) in [6.45, 7) is 0. The van der Waals surface area contributed by atoms with Gasteiger partial charge in [-0.3, -0.25) is 4.98 Å². The van der Waals surface area contributed by atoms with Crippen LogP contribution in [0.3, 0.4) is 0 Å². The highest BCUT2D eigenvalue weighted by molar-refractivity contribution is 7.98. The Morgan fingerprint density at radius 2 is 1.86 bits per heavy atom. The molecule has 2 aromatic rings. The lowest BCUT2D eigenvalue weighted by molar-refractivity contribution is 1.25. The number of nitrogens with zero attached hydrogens (tertiary/aromatic N) is 1. The Morgan fingerprint density at radius 1 is 1.00 bits per heavy atom. The number of aromatic nitrogens is 1. The van der Waals surface area contributed by atoms with E-state index in [4.69, 9.17) is 0 Å². The summed E-state index contributed by atoms with van der Waals surface area (Å²) < 4.78 is 0. The number of thioether (sulfide) groups is 1. The second-order valence-corrected chi connectivity index (χ2v) is 4.01. The van der Waals surface area contributed by atoms with Crippen LogP contribution in [0, 0.1) is 0 Å². The summed E-state index contributed by atoms with van der Waals surface area (Å²) >= 11 is 1.83. The molecule has 0 saturated carbocycles. The molecule has 70 valence electrons. The monoisotopic (exact) mass is 201 g/mol. The molecule has 0 spiro atoms. The normalized spacial score (nSPS) is 10.0. The summed E-state index contributed by atoms with van der Waals surface area (Å²) in [6, 6.07) is 14.5. The van der Waals surface area contributed by atoms with Crippen LogP contribution < -0.4 is 0 Å². The van der Waals surface area contributed by atoms with E-state index in [0.717, 1.165) is 5.75 Å². The molecule has 1 aromatic carbocycles. The van der Waals surface area contributed by atoms with Gasteiger partial charge in [0.2, 0.25) is 0 Å². The van der Waals surface area contributed by atoms with Crippen molar-refractivity contribution in [1.29, 1.82) is 0 Å². The lowest BCUT2D eigenvalue weighted by Crippen LogP contribution is -1.80. The van der Waals surface area contributed by atoms with Crippen molar-refractivity contribution in [3.05, 3.63) is 60.4 Å². The van der Waals surface area contributed by atoms with Gasteiger partial charge in [0.05, 0.1) is 0 Å². The van der Waals surface area contributed by atoms with E-state index in [2.05, 4.69) is 35.3 Å². The van der Waals surface area contributed by atoms with Gasteiger partial charge in [-0.2, -0.15) is 0 Å². The zero-order chi connectivity index (χ0) is 9.64. The summed E-state index contributed by atoms with van der Waals surface area (Å²) in [5.41, 5.74) is 1.27. The highest BCUT2D eigenvalue weighted by Crippen LogP contribution is 2.21. The zero-order valence-electron chi connectivity index (χ0n) is 7.76. The molecule has 1 aromatic heterocycles. The Bertz CT molecular complexity index is 333. The summed E-state index contributed by atoms with van der Waals surface area (Å²) in [7, 11) is 0. The van der Waals surface area contributed by atoms with Crippen molar-refractivity contribution in [2.45, 2.75) is 10.6 Å². The van der Waals surface area contributed by atoms with Crippen LogP contribution in [-0.4, -0.2) is 4.98 Å². The fraction of sp³-hybridized carbons (Fsp3) is 0.0833. The van der Waals surface area contributed by atoms with E-state index in [-0.39, 0.29) is 0 Å². The first-order chi connectivity index (χ1) is 6.95. The maximum absolute atomic E-state index is 4.08. The number of hydrogen-bond donors (Lipinski definition) is 0. The van der Waals surface area contributed by atoms with Crippen LogP contribution in [0.4, 0.5) is 0 Å². The van der Waals surface area contributed by atoms with Crippen molar-refractivity contribution < 1.29 is 0 Å². The smallest absolute Gasteiger partial charge is 0.0308 e. The predicted octanol–water partition coefficient (Wildman–Crippen LogP) is 3.37. The van der Waals surface area contributed by atoms with Crippen LogP contribution >= 0.6 is 11.8 Å². The summed E-state index contributed by atoms with van der Waals surface area (Å²) in [6.07, 6.45) is 3.71. The van der Waals surface area contributed by atoms with Gasteiger partial charge in [-0.1, -0.05) is 24.3 Å². The first-order valence-electron chi connectivity index (χ1n) is 4.52. The average molecular weight is 201 g/mol. The number of hydrogen-bond acceptors (Lipinski definition) is 2. The van der Waals surface area contributed by atoms with E-state index < -0.39 is 0 Å². The molecule has 0 saturated heterocycles. The van der Waals surface area contributed by atoms with Gasteiger partial charge in [0.25, 0.3) is 0 Å². The van der Waals surface area contributed by atoms with Gasteiger partial charge in [0.15, 0.2) is 0 Å². The summed E-state index contributed by atoms with van der Waals surface area (Å²) in [4.78, 5) is 5.39. The van der Waals surface area contributed by atoms with E-state index in [9.17, 15) is 0 Å². The Hall–Kier alpha value is -1.28. The van der Waals surface area contributed by atoms with Gasteiger partial charge in [0, 0.05) is 23.0 Å². The third-order valence-electron chi connectivity index (χ3n) is 1.87. The standard InChI is InChI=1S/C12H11NS/c1-2-6-12(7-3-1)14-10-11-5-4-8-13-9-11/h1-9H,10H2. The molecular formula is C12H11NS. The third kappa shape index (κ3) is 2.60. The van der Waals surface area contributed by atoms with Crippen molar-refractivity contribution in [3.63, 3.8) is 0 Å². The van der Waals surface area contributed by atoms with E-state index in [1.807, 2.05) is 30.1 Å². The molecule has 0 amide bonds. The SMILES string of the molecule is c1ccc(SCc2cccnc2)cc1. The maximum atomic E-state index is 4.08. The molecule has 0 fully saturated rings. The van der Waals surface area contributed by atoms with Crippen molar-refractivity contribution >= 4 is 11.8 Å². The predicted molar refractivity (Wildman–Crippen MR) is 60.2 cm³/mol. The van der Waals surface area contributed by atoms with E-state index in [1.54, 1.807) is 6.20 Å². The van der Waals surface area contributed by atoms with Crippen LogP contribution in [0.5, 0.6) is 0 Å². The topological polar surface area (TPSA) is 12.9 Å². The van der Waals surface area contributed by atoms with Crippen LogP contribution in [0.1, 0.15) is 5.56 Å². The second kappa shape index (κ2) is 4.82. The highest BCUT2D eigenvalue weighted by atomic mass is 32.2. The van der Waals surface area contributed by atoms with Crippen molar-refractivity contribution in [2.24, 2.45) is 0 Å². The van der Waals surface area contributed by atoms with Gasteiger partial charge < -0.3 is 0 Å². The molecule has 1 heterocycles. The Kier molecular flexibility index (Phi) is 3.19. The average Bonchev–Trinajstić information content (AvgIpc) is 2.29. The van der Waals surface area contributed by atoms with Crippen molar-refractivity contribution in [2.75, 3.05) is 0 Å². The van der Waals surface area contributed by atoms with Crippen molar-refractivity contribution in [1.82, 2.24) is 4.98 Å². The lowest BCUT2D eigenvalue weighted by atomic mass is 10.3. The van der Waals surface area contributed by atoms with E-state index in [1.165, 1.54) is 10.5 Å². The largest absolute Gasteiger partial charge is 0.264 e.